The summed E-state index contributed by atoms with van der Waals surface area (Å²) in [5, 5.41) is 3.41. The number of nitrogens with zero attached hydrogens (tertiary/aromatic N) is 3. The molecular formula is C14H17N5OS. The number of hydrogen-bond acceptors (Lipinski definition) is 6. The number of rotatable bonds is 3. The first kappa shape index (κ1) is 13.9. The summed E-state index contributed by atoms with van der Waals surface area (Å²) in [6.07, 6.45) is 4.68. The molecule has 0 fully saturated rings. The third-order valence-corrected chi connectivity index (χ3v) is 4.46. The molecule has 0 aliphatic heterocycles. The van der Waals surface area contributed by atoms with Crippen molar-refractivity contribution >= 4 is 28.1 Å². The van der Waals surface area contributed by atoms with E-state index in [2.05, 4.69) is 20.3 Å². The Morgan fingerprint density at radius 3 is 2.90 bits per heavy atom. The highest BCUT2D eigenvalue weighted by atomic mass is 32.1. The van der Waals surface area contributed by atoms with Gasteiger partial charge in [0.25, 0.3) is 5.91 Å². The normalized spacial score (nSPS) is 13.5. The molecule has 3 rings (SSSR count). The predicted octanol–water partition coefficient (Wildman–Crippen LogP) is 2.38. The summed E-state index contributed by atoms with van der Waals surface area (Å²) in [5.41, 5.74) is 7.41. The Morgan fingerprint density at radius 1 is 1.38 bits per heavy atom. The first-order valence-corrected chi connectivity index (χ1v) is 7.78. The maximum atomic E-state index is 12.3. The lowest BCUT2D eigenvalue weighted by molar-refractivity contribution is 0.102. The SMILES string of the molecule is CC(C)c1ncc(N)c(C(=O)Nc2nc3c(s2)CCC3)n1. The lowest BCUT2D eigenvalue weighted by atomic mass is 10.2. The Morgan fingerprint density at radius 2 is 2.19 bits per heavy atom. The number of fused-ring (bicyclic) bond motifs is 1. The Balaban J connectivity index is 1.82. The van der Waals surface area contributed by atoms with Crippen molar-refractivity contribution in [2.45, 2.75) is 39.0 Å². The molecule has 0 saturated heterocycles. The highest BCUT2D eigenvalue weighted by Gasteiger charge is 2.20. The van der Waals surface area contributed by atoms with Gasteiger partial charge in [-0.3, -0.25) is 10.1 Å². The summed E-state index contributed by atoms with van der Waals surface area (Å²) in [5.74, 6) is 0.418. The van der Waals surface area contributed by atoms with E-state index in [0.29, 0.717) is 11.0 Å². The van der Waals surface area contributed by atoms with Crippen LogP contribution in [0, 0.1) is 0 Å². The number of anilines is 2. The minimum Gasteiger partial charge on any atom is -0.396 e. The second-order valence-electron chi connectivity index (χ2n) is 5.38. The number of nitrogens with one attached hydrogen (secondary N) is 1. The van der Waals surface area contributed by atoms with Crippen molar-refractivity contribution in [1.82, 2.24) is 15.0 Å². The average Bonchev–Trinajstić information content (AvgIpc) is 2.99. The van der Waals surface area contributed by atoms with Gasteiger partial charge in [0.1, 0.15) is 5.82 Å². The molecule has 7 heteroatoms. The fraction of sp³-hybridized carbons (Fsp3) is 0.429. The molecule has 0 bridgehead atoms. The summed E-state index contributed by atoms with van der Waals surface area (Å²) < 4.78 is 0. The number of aryl methyl sites for hydroxylation is 2. The molecule has 6 nitrogen and oxygen atoms in total. The van der Waals surface area contributed by atoms with E-state index in [0.717, 1.165) is 25.0 Å². The van der Waals surface area contributed by atoms with E-state index in [1.807, 2.05) is 13.8 Å². The third-order valence-electron chi connectivity index (χ3n) is 3.38. The molecule has 0 saturated carbocycles. The Hall–Kier alpha value is -2.02. The molecular weight excluding hydrogens is 286 g/mol. The van der Waals surface area contributed by atoms with Crippen molar-refractivity contribution in [2.24, 2.45) is 0 Å². The van der Waals surface area contributed by atoms with Gasteiger partial charge < -0.3 is 5.73 Å². The first-order valence-electron chi connectivity index (χ1n) is 6.97. The van der Waals surface area contributed by atoms with E-state index in [-0.39, 0.29) is 23.2 Å². The molecule has 1 amide bonds. The highest BCUT2D eigenvalue weighted by Crippen LogP contribution is 2.30. The van der Waals surface area contributed by atoms with Gasteiger partial charge in [0.2, 0.25) is 0 Å². The smallest absolute Gasteiger partial charge is 0.278 e. The third kappa shape index (κ3) is 2.73. The van der Waals surface area contributed by atoms with Crippen molar-refractivity contribution in [2.75, 3.05) is 11.1 Å². The number of aromatic nitrogens is 3. The highest BCUT2D eigenvalue weighted by molar-refractivity contribution is 7.16. The number of amides is 1. The van der Waals surface area contributed by atoms with Gasteiger partial charge in [-0.15, -0.1) is 11.3 Å². The van der Waals surface area contributed by atoms with Gasteiger partial charge >= 0.3 is 0 Å². The van der Waals surface area contributed by atoms with E-state index in [1.165, 1.54) is 22.4 Å². The van der Waals surface area contributed by atoms with Crippen molar-refractivity contribution in [1.29, 1.82) is 0 Å². The summed E-state index contributed by atoms with van der Waals surface area (Å²) in [4.78, 5) is 26.4. The van der Waals surface area contributed by atoms with Crippen molar-refractivity contribution < 1.29 is 4.79 Å². The van der Waals surface area contributed by atoms with Crippen LogP contribution in [0.2, 0.25) is 0 Å². The Labute approximate surface area is 126 Å². The molecule has 110 valence electrons. The quantitative estimate of drug-likeness (QED) is 0.908. The van der Waals surface area contributed by atoms with Crippen LogP contribution in [-0.2, 0) is 12.8 Å². The summed E-state index contributed by atoms with van der Waals surface area (Å²) in [6, 6.07) is 0. The van der Waals surface area contributed by atoms with Crippen LogP contribution in [0.1, 0.15) is 53.1 Å². The summed E-state index contributed by atoms with van der Waals surface area (Å²) >= 11 is 1.53. The molecule has 0 spiro atoms. The molecule has 0 atom stereocenters. The van der Waals surface area contributed by atoms with E-state index in [4.69, 9.17) is 5.73 Å². The van der Waals surface area contributed by atoms with Crippen molar-refractivity contribution in [3.8, 4) is 0 Å². The van der Waals surface area contributed by atoms with Crippen molar-refractivity contribution in [3.63, 3.8) is 0 Å². The molecule has 1 aliphatic carbocycles. The van der Waals surface area contributed by atoms with E-state index in [9.17, 15) is 4.79 Å². The van der Waals surface area contributed by atoms with E-state index < -0.39 is 0 Å². The van der Waals surface area contributed by atoms with Gasteiger partial charge in [0.15, 0.2) is 10.8 Å². The summed E-state index contributed by atoms with van der Waals surface area (Å²) in [7, 11) is 0. The molecule has 2 aromatic rings. The zero-order chi connectivity index (χ0) is 15.0. The minimum atomic E-state index is -0.329. The van der Waals surface area contributed by atoms with Gasteiger partial charge in [-0.2, -0.15) is 0 Å². The molecule has 0 radical (unpaired) electrons. The van der Waals surface area contributed by atoms with Gasteiger partial charge in [-0.1, -0.05) is 13.8 Å². The lowest BCUT2D eigenvalue weighted by Gasteiger charge is -2.08. The van der Waals surface area contributed by atoms with Gasteiger partial charge in [0, 0.05) is 10.8 Å². The zero-order valence-electron chi connectivity index (χ0n) is 12.0. The van der Waals surface area contributed by atoms with Crippen LogP contribution in [0.25, 0.3) is 0 Å². The number of carbonyl (C=O) groups is 1. The molecule has 2 heterocycles. The first-order chi connectivity index (χ1) is 10.0. The standard InChI is InChI=1S/C14H17N5OS/c1-7(2)12-16-6-8(15)11(18-12)13(20)19-14-17-9-4-3-5-10(9)21-14/h6-7H,3-5,15H2,1-2H3,(H,17,19,20). The summed E-state index contributed by atoms with van der Waals surface area (Å²) in [6.45, 7) is 3.94. The maximum Gasteiger partial charge on any atom is 0.278 e. The number of carbonyl (C=O) groups excluding carboxylic acids is 1. The molecule has 21 heavy (non-hydrogen) atoms. The lowest BCUT2D eigenvalue weighted by Crippen LogP contribution is -2.18. The maximum absolute atomic E-state index is 12.3. The average molecular weight is 303 g/mol. The number of nitrogens with two attached hydrogens (primary N) is 1. The van der Waals surface area contributed by atoms with Crippen LogP contribution in [-0.4, -0.2) is 20.9 Å². The van der Waals surface area contributed by atoms with E-state index in [1.54, 1.807) is 0 Å². The second-order valence-corrected chi connectivity index (χ2v) is 6.47. The van der Waals surface area contributed by atoms with Crippen LogP contribution in [0.5, 0.6) is 0 Å². The monoisotopic (exact) mass is 303 g/mol. The predicted molar refractivity (Wildman–Crippen MR) is 82.6 cm³/mol. The van der Waals surface area contributed by atoms with E-state index >= 15 is 0 Å². The van der Waals surface area contributed by atoms with Crippen LogP contribution in [0.15, 0.2) is 6.20 Å². The van der Waals surface area contributed by atoms with Crippen LogP contribution in [0.3, 0.4) is 0 Å². The van der Waals surface area contributed by atoms with Crippen LogP contribution < -0.4 is 11.1 Å². The molecule has 0 unspecified atom stereocenters. The fourth-order valence-corrected chi connectivity index (χ4v) is 3.31. The fourth-order valence-electron chi connectivity index (χ4n) is 2.26. The van der Waals surface area contributed by atoms with Gasteiger partial charge in [-0.25, -0.2) is 15.0 Å². The molecule has 0 aromatic carbocycles. The zero-order valence-corrected chi connectivity index (χ0v) is 12.8. The van der Waals surface area contributed by atoms with Gasteiger partial charge in [-0.05, 0) is 19.3 Å². The number of nitrogen functional groups attached to an aromatic ring is 1. The minimum absolute atomic E-state index is 0.140. The molecule has 2 aromatic heterocycles. The Bertz CT molecular complexity index is 673. The number of thiazole rings is 1. The largest absolute Gasteiger partial charge is 0.396 e. The molecule has 3 N–H and O–H groups in total. The van der Waals surface area contributed by atoms with Crippen molar-refractivity contribution in [3.05, 3.63) is 28.3 Å². The molecule has 1 aliphatic rings. The Kier molecular flexibility index (Phi) is 3.59. The second kappa shape index (κ2) is 5.40. The topological polar surface area (TPSA) is 93.8 Å². The van der Waals surface area contributed by atoms with Crippen LogP contribution in [0.4, 0.5) is 10.8 Å². The van der Waals surface area contributed by atoms with Crippen LogP contribution >= 0.6 is 11.3 Å². The number of hydrogen-bond donors (Lipinski definition) is 2. The van der Waals surface area contributed by atoms with Gasteiger partial charge in [0.05, 0.1) is 17.6 Å².